The minimum atomic E-state index is -0.00755. The van der Waals surface area contributed by atoms with Gasteiger partial charge in [-0.15, -0.1) is 0 Å². The largest absolute Gasteiger partial charge is 0.355 e. The van der Waals surface area contributed by atoms with Crippen LogP contribution in [0.5, 0.6) is 0 Å². The number of hydrogen-bond acceptors (Lipinski definition) is 3. The molecule has 9 aromatic carbocycles. The van der Waals surface area contributed by atoms with E-state index in [2.05, 4.69) is 217 Å². The van der Waals surface area contributed by atoms with E-state index in [9.17, 15) is 0 Å². The van der Waals surface area contributed by atoms with Crippen LogP contribution in [0.1, 0.15) is 28.9 Å². The lowest BCUT2D eigenvalue weighted by Crippen LogP contribution is -2.43. The molecule has 0 fully saturated rings. The zero-order chi connectivity index (χ0) is 36.0. The quantitative estimate of drug-likeness (QED) is 0.182. The van der Waals surface area contributed by atoms with Crippen molar-refractivity contribution in [2.75, 3.05) is 17.3 Å². The topological polar surface area (TPSA) is 27.3 Å². The van der Waals surface area contributed by atoms with Crippen LogP contribution < -0.4 is 15.5 Å². The second kappa shape index (κ2) is 13.4. The summed E-state index contributed by atoms with van der Waals surface area (Å²) in [6, 6.07) is 70.4. The molecule has 2 unspecified atom stereocenters. The first-order chi connectivity index (χ1) is 26.7. The first-order valence-corrected chi connectivity index (χ1v) is 18.7. The van der Waals surface area contributed by atoms with Crippen molar-refractivity contribution in [3.63, 3.8) is 0 Å². The first kappa shape index (κ1) is 32.0. The number of rotatable bonds is 6. The highest BCUT2D eigenvalue weighted by Gasteiger charge is 2.32. The average Bonchev–Trinajstić information content (AvgIpc) is 3.24. The van der Waals surface area contributed by atoms with E-state index in [-0.39, 0.29) is 12.2 Å². The highest BCUT2D eigenvalue weighted by molar-refractivity contribution is 6.13. The van der Waals surface area contributed by atoms with Crippen LogP contribution in [0.25, 0.3) is 54.6 Å². The molecular weight excluding hydrogens is 655 g/mol. The third-order valence-corrected chi connectivity index (χ3v) is 11.2. The molecule has 54 heavy (non-hydrogen) atoms. The van der Waals surface area contributed by atoms with Crippen molar-refractivity contribution in [2.24, 2.45) is 0 Å². The Bertz CT molecular complexity index is 2810. The van der Waals surface area contributed by atoms with E-state index >= 15 is 0 Å². The zero-order valence-corrected chi connectivity index (χ0v) is 30.1. The van der Waals surface area contributed by atoms with E-state index in [1.165, 1.54) is 76.9 Å². The Morgan fingerprint density at radius 1 is 0.481 bits per heavy atom. The predicted molar refractivity (Wildman–Crippen MR) is 229 cm³/mol. The first-order valence-electron chi connectivity index (χ1n) is 18.7. The number of para-hydroxylation sites is 1. The van der Waals surface area contributed by atoms with E-state index in [0.717, 1.165) is 11.4 Å². The molecule has 0 saturated carbocycles. The fraction of sp³-hybridized carbons (Fsp3) is 0.0588. The number of nitrogens with one attached hydrogen (secondary N) is 2. The number of benzene rings is 9. The number of nitrogens with zero attached hydrogens (tertiary/aromatic N) is 1. The molecule has 0 amide bonds. The maximum absolute atomic E-state index is 4.02. The lowest BCUT2D eigenvalue weighted by atomic mass is 9.89. The second-order valence-electron chi connectivity index (χ2n) is 14.3. The van der Waals surface area contributed by atoms with Gasteiger partial charge in [-0.2, -0.15) is 0 Å². The summed E-state index contributed by atoms with van der Waals surface area (Å²) in [5.41, 5.74) is 12.1. The minimum absolute atomic E-state index is 0.00755. The molecule has 3 nitrogen and oxygen atoms in total. The van der Waals surface area contributed by atoms with Crippen molar-refractivity contribution in [3.05, 3.63) is 211 Å². The predicted octanol–water partition coefficient (Wildman–Crippen LogP) is 13.1. The maximum atomic E-state index is 4.02. The molecule has 3 heteroatoms. The standard InChI is InChI=1S/C51H39N3/c1-54-48-26-13-12-24-46(48)50(36-18-6-3-7-19-36)53-51(54)45-25-14-20-37-33-38(28-29-40(37)45)52-47-32-27-35-17-8-9-21-41(35)49(47)44-31-30-39(34-15-4-2-5-16-34)42-22-10-11-23-43(42)44/h2-33,50-53H,1H3. The van der Waals surface area contributed by atoms with Crippen LogP contribution in [0.4, 0.5) is 17.1 Å². The molecule has 1 aliphatic heterocycles. The Kier molecular flexibility index (Phi) is 7.93. The number of anilines is 3. The van der Waals surface area contributed by atoms with Gasteiger partial charge in [0.05, 0.1) is 6.04 Å². The normalized spacial score (nSPS) is 15.4. The van der Waals surface area contributed by atoms with E-state index in [0.29, 0.717) is 0 Å². The van der Waals surface area contributed by atoms with E-state index in [1.54, 1.807) is 0 Å². The summed E-state index contributed by atoms with van der Waals surface area (Å²) >= 11 is 0. The van der Waals surface area contributed by atoms with Gasteiger partial charge in [0.15, 0.2) is 0 Å². The molecule has 2 N–H and O–H groups in total. The Morgan fingerprint density at radius 3 is 1.96 bits per heavy atom. The van der Waals surface area contributed by atoms with Crippen LogP contribution in [0, 0.1) is 0 Å². The summed E-state index contributed by atoms with van der Waals surface area (Å²) in [5, 5.41) is 15.3. The van der Waals surface area contributed by atoms with Crippen LogP contribution in [-0.2, 0) is 0 Å². The fourth-order valence-corrected chi connectivity index (χ4v) is 8.60. The minimum Gasteiger partial charge on any atom is -0.355 e. The summed E-state index contributed by atoms with van der Waals surface area (Å²) in [5.74, 6) is 0. The summed E-state index contributed by atoms with van der Waals surface area (Å²) in [7, 11) is 2.20. The summed E-state index contributed by atoms with van der Waals surface area (Å²) < 4.78 is 0. The molecule has 0 bridgehead atoms. The van der Waals surface area contributed by atoms with Crippen LogP contribution in [0.3, 0.4) is 0 Å². The molecule has 0 spiro atoms. The molecule has 258 valence electrons. The van der Waals surface area contributed by atoms with E-state index in [4.69, 9.17) is 0 Å². The molecule has 9 aromatic rings. The third-order valence-electron chi connectivity index (χ3n) is 11.2. The molecule has 0 aromatic heterocycles. The lowest BCUT2D eigenvalue weighted by molar-refractivity contribution is 0.456. The Morgan fingerprint density at radius 2 is 1.13 bits per heavy atom. The number of fused-ring (bicyclic) bond motifs is 4. The van der Waals surface area contributed by atoms with Crippen LogP contribution in [0.15, 0.2) is 194 Å². The SMILES string of the molecule is CN1c2ccccc2C(c2ccccc2)NC1c1cccc2cc(Nc3ccc4ccccc4c3-c3ccc(-c4ccccc4)c4ccccc34)ccc12. The molecule has 2 atom stereocenters. The van der Waals surface area contributed by atoms with Gasteiger partial charge in [0, 0.05) is 29.7 Å². The Labute approximate surface area is 316 Å². The fourth-order valence-electron chi connectivity index (χ4n) is 8.60. The van der Waals surface area contributed by atoms with Crippen LogP contribution >= 0.6 is 0 Å². The van der Waals surface area contributed by atoms with Gasteiger partial charge >= 0.3 is 0 Å². The van der Waals surface area contributed by atoms with Gasteiger partial charge in [-0.1, -0.05) is 170 Å². The third kappa shape index (κ3) is 5.49. The molecule has 1 aliphatic rings. The lowest BCUT2D eigenvalue weighted by Gasteiger charge is -2.42. The van der Waals surface area contributed by atoms with Crippen molar-refractivity contribution in [1.29, 1.82) is 0 Å². The van der Waals surface area contributed by atoms with Gasteiger partial charge in [-0.25, -0.2) is 0 Å². The zero-order valence-electron chi connectivity index (χ0n) is 30.1. The summed E-state index contributed by atoms with van der Waals surface area (Å²) in [4.78, 5) is 2.38. The van der Waals surface area contributed by atoms with Crippen LogP contribution in [0.2, 0.25) is 0 Å². The monoisotopic (exact) mass is 693 g/mol. The van der Waals surface area contributed by atoms with E-state index < -0.39 is 0 Å². The molecule has 10 rings (SSSR count). The highest BCUT2D eigenvalue weighted by atomic mass is 15.3. The van der Waals surface area contributed by atoms with Crippen molar-refractivity contribution in [3.8, 4) is 22.3 Å². The molecule has 0 saturated heterocycles. The Balaban J connectivity index is 1.06. The molecule has 1 heterocycles. The summed E-state index contributed by atoms with van der Waals surface area (Å²) in [6.07, 6.45) is -0.00755. The van der Waals surface area contributed by atoms with Gasteiger partial charge in [-0.05, 0) is 90.0 Å². The van der Waals surface area contributed by atoms with Crippen molar-refractivity contribution < 1.29 is 0 Å². The van der Waals surface area contributed by atoms with Crippen molar-refractivity contribution in [2.45, 2.75) is 12.2 Å². The smallest absolute Gasteiger partial charge is 0.107 e. The van der Waals surface area contributed by atoms with Gasteiger partial charge in [0.2, 0.25) is 0 Å². The highest BCUT2D eigenvalue weighted by Crippen LogP contribution is 2.44. The van der Waals surface area contributed by atoms with Crippen molar-refractivity contribution >= 4 is 49.4 Å². The van der Waals surface area contributed by atoms with Crippen molar-refractivity contribution in [1.82, 2.24) is 5.32 Å². The van der Waals surface area contributed by atoms with Gasteiger partial charge in [0.1, 0.15) is 6.17 Å². The second-order valence-corrected chi connectivity index (χ2v) is 14.3. The summed E-state index contributed by atoms with van der Waals surface area (Å²) in [6.45, 7) is 0. The number of hydrogen-bond donors (Lipinski definition) is 2. The van der Waals surface area contributed by atoms with Gasteiger partial charge < -0.3 is 10.2 Å². The maximum Gasteiger partial charge on any atom is 0.107 e. The molecular formula is C51H39N3. The van der Waals surface area contributed by atoms with E-state index in [1.807, 2.05) is 0 Å². The van der Waals surface area contributed by atoms with Gasteiger partial charge in [-0.3, -0.25) is 5.32 Å². The molecule has 0 aliphatic carbocycles. The average molecular weight is 694 g/mol. The van der Waals surface area contributed by atoms with Gasteiger partial charge in [0.25, 0.3) is 0 Å². The molecule has 0 radical (unpaired) electrons. The Hall–Kier alpha value is -6.68. The van der Waals surface area contributed by atoms with Crippen LogP contribution in [-0.4, -0.2) is 7.05 Å².